The molecule has 0 spiro atoms. The molecule has 44 heavy (non-hydrogen) atoms. The second-order valence-electron chi connectivity index (χ2n) is 14.0. The Bertz CT molecular complexity index is 2140. The SMILES string of the molecule is C=Cc1ccc2c(c1)c1cc(C=C)ccc1n2-c1cccc(-n2c3ccc(C(C)(C)C)cc3c3cc(C(C)(C)C)ccc32)n1. The molecular formula is C41H39N3. The summed E-state index contributed by atoms with van der Waals surface area (Å²) < 4.78 is 4.60. The van der Waals surface area contributed by atoms with Gasteiger partial charge in [0.05, 0.1) is 22.1 Å². The molecule has 0 bridgehead atoms. The van der Waals surface area contributed by atoms with Crippen molar-refractivity contribution >= 4 is 55.8 Å². The van der Waals surface area contributed by atoms with Crippen molar-refractivity contribution in [2.75, 3.05) is 0 Å². The van der Waals surface area contributed by atoms with Crippen LogP contribution in [0.15, 0.2) is 104 Å². The Balaban J connectivity index is 1.52. The summed E-state index contributed by atoms with van der Waals surface area (Å²) in [6.07, 6.45) is 3.80. The summed E-state index contributed by atoms with van der Waals surface area (Å²) in [6, 6.07) is 33.2. The zero-order valence-corrected chi connectivity index (χ0v) is 26.6. The van der Waals surface area contributed by atoms with Gasteiger partial charge in [-0.15, -0.1) is 0 Å². The predicted octanol–water partition coefficient (Wildman–Crippen LogP) is 11.2. The van der Waals surface area contributed by atoms with Crippen molar-refractivity contribution in [3.8, 4) is 11.6 Å². The standard InChI is InChI=1S/C41H39N3/c1-9-26-14-18-34-30(22-26)31-23-27(10-2)15-19-35(31)43(34)38-12-11-13-39(42-38)44-36-20-16-28(40(3,4)5)24-32(36)33-25-29(41(6,7)8)17-21-37(33)44/h9-25H,1-2H2,3-8H3. The Labute approximate surface area is 259 Å². The predicted molar refractivity (Wildman–Crippen MR) is 190 cm³/mol. The summed E-state index contributed by atoms with van der Waals surface area (Å²) in [4.78, 5) is 5.37. The van der Waals surface area contributed by atoms with E-state index < -0.39 is 0 Å². The van der Waals surface area contributed by atoms with Crippen molar-refractivity contribution in [3.05, 3.63) is 126 Å². The summed E-state index contributed by atoms with van der Waals surface area (Å²) in [5, 5.41) is 4.87. The highest BCUT2D eigenvalue weighted by Gasteiger charge is 2.22. The lowest BCUT2D eigenvalue weighted by atomic mass is 9.85. The summed E-state index contributed by atoms with van der Waals surface area (Å²) in [5.41, 5.74) is 9.51. The van der Waals surface area contributed by atoms with E-state index >= 15 is 0 Å². The average molecular weight is 574 g/mol. The van der Waals surface area contributed by atoms with Crippen molar-refractivity contribution in [3.63, 3.8) is 0 Å². The minimum Gasteiger partial charge on any atom is -0.294 e. The van der Waals surface area contributed by atoms with E-state index in [1.54, 1.807) is 0 Å². The lowest BCUT2D eigenvalue weighted by Crippen LogP contribution is -2.10. The molecule has 0 atom stereocenters. The fourth-order valence-electron chi connectivity index (χ4n) is 6.42. The summed E-state index contributed by atoms with van der Waals surface area (Å²) >= 11 is 0. The zero-order chi connectivity index (χ0) is 31.0. The number of hydrogen-bond acceptors (Lipinski definition) is 1. The highest BCUT2D eigenvalue weighted by molar-refractivity contribution is 6.11. The van der Waals surface area contributed by atoms with Crippen molar-refractivity contribution in [1.29, 1.82) is 0 Å². The Morgan fingerprint density at radius 1 is 0.500 bits per heavy atom. The molecule has 3 heterocycles. The summed E-state index contributed by atoms with van der Waals surface area (Å²) in [6.45, 7) is 21.7. The highest BCUT2D eigenvalue weighted by Crippen LogP contribution is 2.38. The van der Waals surface area contributed by atoms with E-state index in [-0.39, 0.29) is 10.8 Å². The number of benzene rings is 4. The molecular weight excluding hydrogens is 534 g/mol. The van der Waals surface area contributed by atoms with E-state index in [0.717, 1.165) is 44.8 Å². The zero-order valence-electron chi connectivity index (χ0n) is 26.6. The van der Waals surface area contributed by atoms with E-state index in [9.17, 15) is 0 Å². The first-order chi connectivity index (χ1) is 21.0. The van der Waals surface area contributed by atoms with Gasteiger partial charge in [-0.25, -0.2) is 4.98 Å². The maximum atomic E-state index is 5.37. The first-order valence-electron chi connectivity index (χ1n) is 15.4. The smallest absolute Gasteiger partial charge is 0.140 e. The monoisotopic (exact) mass is 573 g/mol. The number of aromatic nitrogens is 3. The molecule has 0 saturated heterocycles. The molecule has 7 aromatic rings. The molecule has 7 rings (SSSR count). The summed E-state index contributed by atoms with van der Waals surface area (Å²) in [7, 11) is 0. The Morgan fingerprint density at radius 2 is 0.864 bits per heavy atom. The molecule has 0 unspecified atom stereocenters. The van der Waals surface area contributed by atoms with Crippen molar-refractivity contribution in [2.24, 2.45) is 0 Å². The Morgan fingerprint density at radius 3 is 1.23 bits per heavy atom. The molecule has 4 aromatic carbocycles. The number of fused-ring (bicyclic) bond motifs is 6. The van der Waals surface area contributed by atoms with Crippen LogP contribution in [0.5, 0.6) is 0 Å². The first kappa shape index (κ1) is 27.9. The molecule has 0 N–H and O–H groups in total. The lowest BCUT2D eigenvalue weighted by molar-refractivity contribution is 0.590. The van der Waals surface area contributed by atoms with Gasteiger partial charge in [0.25, 0.3) is 0 Å². The van der Waals surface area contributed by atoms with Crippen molar-refractivity contribution < 1.29 is 0 Å². The van der Waals surface area contributed by atoms with Gasteiger partial charge in [-0.1, -0.05) is 97.2 Å². The van der Waals surface area contributed by atoms with Gasteiger partial charge >= 0.3 is 0 Å². The third-order valence-corrected chi connectivity index (χ3v) is 8.96. The van der Waals surface area contributed by atoms with Crippen LogP contribution in [-0.4, -0.2) is 14.1 Å². The molecule has 3 heteroatoms. The number of rotatable bonds is 4. The second kappa shape index (κ2) is 9.82. The molecule has 0 aliphatic rings. The van der Waals surface area contributed by atoms with Crippen LogP contribution in [0.25, 0.3) is 67.4 Å². The van der Waals surface area contributed by atoms with Crippen LogP contribution in [0, 0.1) is 0 Å². The third kappa shape index (κ3) is 4.38. The van der Waals surface area contributed by atoms with Gasteiger partial charge in [-0.05, 0) is 93.7 Å². The molecule has 0 aliphatic heterocycles. The van der Waals surface area contributed by atoms with Crippen molar-refractivity contribution in [2.45, 2.75) is 52.4 Å². The quantitative estimate of drug-likeness (QED) is 0.205. The van der Waals surface area contributed by atoms with Gasteiger partial charge < -0.3 is 0 Å². The van der Waals surface area contributed by atoms with Crippen LogP contribution in [0.4, 0.5) is 0 Å². The molecule has 0 aliphatic carbocycles. The van der Waals surface area contributed by atoms with Crippen LogP contribution in [0.1, 0.15) is 63.8 Å². The Kier molecular flexibility index (Phi) is 6.23. The van der Waals surface area contributed by atoms with Gasteiger partial charge in [-0.2, -0.15) is 0 Å². The molecule has 3 nitrogen and oxygen atoms in total. The van der Waals surface area contributed by atoms with Crippen LogP contribution in [0.2, 0.25) is 0 Å². The van der Waals surface area contributed by atoms with Crippen LogP contribution >= 0.6 is 0 Å². The van der Waals surface area contributed by atoms with Gasteiger partial charge in [0.2, 0.25) is 0 Å². The average Bonchev–Trinajstić information content (AvgIpc) is 3.51. The lowest BCUT2D eigenvalue weighted by Gasteiger charge is -2.19. The summed E-state index contributed by atoms with van der Waals surface area (Å²) in [5.74, 6) is 1.78. The molecule has 0 amide bonds. The molecule has 3 aromatic heterocycles. The van der Waals surface area contributed by atoms with Gasteiger partial charge in [-0.3, -0.25) is 9.13 Å². The third-order valence-electron chi connectivity index (χ3n) is 8.96. The largest absolute Gasteiger partial charge is 0.294 e. The van der Waals surface area contributed by atoms with Crippen molar-refractivity contribution in [1.82, 2.24) is 14.1 Å². The molecule has 0 radical (unpaired) electrons. The van der Waals surface area contributed by atoms with Crippen LogP contribution in [-0.2, 0) is 10.8 Å². The fourth-order valence-corrected chi connectivity index (χ4v) is 6.42. The van der Waals surface area contributed by atoms with Crippen LogP contribution in [0.3, 0.4) is 0 Å². The van der Waals surface area contributed by atoms with E-state index in [1.165, 1.54) is 32.7 Å². The normalized spacial score (nSPS) is 12.5. The Hall–Kier alpha value is -4.89. The van der Waals surface area contributed by atoms with Gasteiger partial charge in [0, 0.05) is 21.5 Å². The number of hydrogen-bond donors (Lipinski definition) is 0. The minimum atomic E-state index is 0.0515. The number of pyridine rings is 1. The number of nitrogens with zero attached hydrogens (tertiary/aromatic N) is 3. The van der Waals surface area contributed by atoms with Crippen LogP contribution < -0.4 is 0 Å². The molecule has 0 fully saturated rings. The minimum absolute atomic E-state index is 0.0515. The topological polar surface area (TPSA) is 22.8 Å². The highest BCUT2D eigenvalue weighted by atomic mass is 15.1. The molecule has 218 valence electrons. The first-order valence-corrected chi connectivity index (χ1v) is 15.4. The van der Waals surface area contributed by atoms with Gasteiger partial charge in [0.15, 0.2) is 0 Å². The maximum Gasteiger partial charge on any atom is 0.140 e. The molecule has 0 saturated carbocycles. The van der Waals surface area contributed by atoms with Gasteiger partial charge in [0.1, 0.15) is 11.6 Å². The van der Waals surface area contributed by atoms with E-state index in [0.29, 0.717) is 0 Å². The van der Waals surface area contributed by atoms with E-state index in [2.05, 4.69) is 155 Å². The second-order valence-corrected chi connectivity index (χ2v) is 14.0. The van der Waals surface area contributed by atoms with E-state index in [1.807, 2.05) is 12.2 Å². The van der Waals surface area contributed by atoms with E-state index in [4.69, 9.17) is 4.98 Å². The maximum absolute atomic E-state index is 5.37. The fraction of sp³-hybridized carbons (Fsp3) is 0.195.